The van der Waals surface area contributed by atoms with Crippen molar-refractivity contribution in [3.63, 3.8) is 0 Å². The molecule has 3 heterocycles. The van der Waals surface area contributed by atoms with Crippen molar-refractivity contribution in [1.29, 1.82) is 0 Å². The molecule has 0 N–H and O–H groups in total. The van der Waals surface area contributed by atoms with Crippen molar-refractivity contribution >= 4 is 18.4 Å². The van der Waals surface area contributed by atoms with Gasteiger partial charge in [-0.3, -0.25) is 0 Å². The van der Waals surface area contributed by atoms with Crippen LogP contribution >= 0.6 is 6.57 Å². The molecule has 0 saturated carbocycles. The van der Waals surface area contributed by atoms with Gasteiger partial charge in [0.1, 0.15) is 0 Å². The standard InChI is InChI=1S/C15H29N3O2PS/c1-14(2)11-13(12-15(3,4)18(14)19)20-21(22,16-7-5-8-16)17-9-6-10-17/h13H,5-12H2,1-4H3. The Bertz CT molecular complexity index is 441. The van der Waals surface area contributed by atoms with E-state index in [2.05, 4.69) is 9.34 Å². The Morgan fingerprint density at radius 3 is 1.68 bits per heavy atom. The minimum absolute atomic E-state index is 0.0854. The van der Waals surface area contributed by atoms with E-state index in [-0.39, 0.29) is 6.10 Å². The molecule has 3 fully saturated rings. The Morgan fingerprint density at radius 1 is 0.955 bits per heavy atom. The fourth-order valence-electron chi connectivity index (χ4n) is 3.86. The summed E-state index contributed by atoms with van der Waals surface area (Å²) in [4.78, 5) is 0. The van der Waals surface area contributed by atoms with Crippen LogP contribution in [0, 0.1) is 0 Å². The van der Waals surface area contributed by atoms with Gasteiger partial charge in [-0.1, -0.05) is 0 Å². The zero-order valence-electron chi connectivity index (χ0n) is 14.2. The van der Waals surface area contributed by atoms with Crippen molar-refractivity contribution in [2.24, 2.45) is 0 Å². The summed E-state index contributed by atoms with van der Waals surface area (Å²) in [5, 5.41) is 13.8. The van der Waals surface area contributed by atoms with E-state index in [1.807, 2.05) is 27.7 Å². The van der Waals surface area contributed by atoms with Crippen LogP contribution in [0.4, 0.5) is 0 Å². The molecule has 3 aliphatic heterocycles. The molecule has 0 aromatic rings. The third-order valence-corrected chi connectivity index (χ3v) is 9.67. The lowest BCUT2D eigenvalue weighted by Gasteiger charge is -2.54. The van der Waals surface area contributed by atoms with E-state index in [0.717, 1.165) is 39.0 Å². The lowest BCUT2D eigenvalue weighted by molar-refractivity contribution is -0.296. The lowest BCUT2D eigenvalue weighted by atomic mass is 9.80. The zero-order chi connectivity index (χ0) is 16.2. The summed E-state index contributed by atoms with van der Waals surface area (Å²) in [5.41, 5.74) is -0.785. The first-order chi connectivity index (χ1) is 10.2. The van der Waals surface area contributed by atoms with Crippen LogP contribution in [0.15, 0.2) is 0 Å². The fraction of sp³-hybridized carbons (Fsp3) is 1.00. The van der Waals surface area contributed by atoms with Gasteiger partial charge in [-0.25, -0.2) is 9.34 Å². The van der Waals surface area contributed by atoms with Crippen molar-refractivity contribution in [3.05, 3.63) is 0 Å². The van der Waals surface area contributed by atoms with E-state index in [0.29, 0.717) is 0 Å². The normalized spacial score (nSPS) is 30.8. The third kappa shape index (κ3) is 2.92. The Labute approximate surface area is 139 Å². The van der Waals surface area contributed by atoms with Crippen LogP contribution < -0.4 is 0 Å². The van der Waals surface area contributed by atoms with Gasteiger partial charge in [-0.05, 0) is 65.2 Å². The van der Waals surface area contributed by atoms with Gasteiger partial charge in [-0.2, -0.15) is 0 Å². The van der Waals surface area contributed by atoms with E-state index in [4.69, 9.17) is 16.3 Å². The third-order valence-electron chi connectivity index (χ3n) is 5.22. The molecular weight excluding hydrogens is 317 g/mol. The predicted octanol–water partition coefficient (Wildman–Crippen LogP) is 3.01. The van der Waals surface area contributed by atoms with Gasteiger partial charge in [0.2, 0.25) is 6.57 Å². The molecule has 0 spiro atoms. The molecule has 5 nitrogen and oxygen atoms in total. The minimum Gasteiger partial charge on any atom is -0.323 e. The number of rotatable bonds is 4. The summed E-state index contributed by atoms with van der Waals surface area (Å²) >= 11 is 6.06. The predicted molar refractivity (Wildman–Crippen MR) is 91.5 cm³/mol. The molecule has 0 aromatic heterocycles. The maximum atomic E-state index is 12.5. The van der Waals surface area contributed by atoms with Crippen LogP contribution in [-0.2, 0) is 21.5 Å². The number of hydrogen-bond acceptors (Lipinski definition) is 3. The largest absolute Gasteiger partial charge is 0.323 e. The molecule has 0 unspecified atom stereocenters. The first-order valence-electron chi connectivity index (χ1n) is 8.42. The van der Waals surface area contributed by atoms with Gasteiger partial charge >= 0.3 is 0 Å². The second-order valence-corrected chi connectivity index (χ2v) is 11.9. The van der Waals surface area contributed by atoms with Gasteiger partial charge in [0.15, 0.2) is 0 Å². The Kier molecular flexibility index (Phi) is 4.53. The quantitative estimate of drug-likeness (QED) is 0.732. The summed E-state index contributed by atoms with van der Waals surface area (Å²) in [6, 6.07) is 0. The van der Waals surface area contributed by atoms with E-state index in [9.17, 15) is 5.21 Å². The zero-order valence-corrected chi connectivity index (χ0v) is 16.0. The second kappa shape index (κ2) is 5.76. The molecule has 3 rings (SSSR count). The molecule has 22 heavy (non-hydrogen) atoms. The van der Waals surface area contributed by atoms with Crippen LogP contribution in [0.5, 0.6) is 0 Å². The van der Waals surface area contributed by atoms with E-state index < -0.39 is 17.6 Å². The molecule has 1 radical (unpaired) electrons. The maximum Gasteiger partial charge on any atom is 0.203 e. The van der Waals surface area contributed by atoms with Crippen LogP contribution in [0.2, 0.25) is 0 Å². The maximum absolute atomic E-state index is 12.5. The molecule has 7 heteroatoms. The molecule has 0 amide bonds. The lowest BCUT2D eigenvalue weighted by Crippen LogP contribution is -2.60. The molecule has 0 aromatic carbocycles. The van der Waals surface area contributed by atoms with Gasteiger partial charge in [0.25, 0.3) is 0 Å². The highest BCUT2D eigenvalue weighted by Gasteiger charge is 2.49. The van der Waals surface area contributed by atoms with Crippen LogP contribution in [-0.4, -0.2) is 57.8 Å². The minimum atomic E-state index is -2.05. The van der Waals surface area contributed by atoms with Crippen molar-refractivity contribution in [2.45, 2.75) is 70.6 Å². The highest BCUT2D eigenvalue weighted by atomic mass is 32.5. The average molecular weight is 346 g/mol. The van der Waals surface area contributed by atoms with E-state index >= 15 is 0 Å². The number of piperidine rings is 1. The monoisotopic (exact) mass is 346 g/mol. The summed E-state index contributed by atoms with van der Waals surface area (Å²) in [7, 11) is 0. The van der Waals surface area contributed by atoms with Crippen molar-refractivity contribution in [2.75, 3.05) is 26.2 Å². The SMILES string of the molecule is CC1(C)CC(OP(=S)(N2CCC2)N2CCC2)CC(C)(C)N1[O]. The topological polar surface area (TPSA) is 38.9 Å². The Morgan fingerprint density at radius 2 is 1.36 bits per heavy atom. The van der Waals surface area contributed by atoms with Gasteiger partial charge in [0, 0.05) is 37.3 Å². The average Bonchev–Trinajstić information content (AvgIpc) is 2.18. The number of hydroxylamine groups is 2. The molecule has 0 aliphatic carbocycles. The summed E-state index contributed by atoms with van der Waals surface area (Å²) < 4.78 is 11.4. The van der Waals surface area contributed by atoms with Crippen LogP contribution in [0.3, 0.4) is 0 Å². The van der Waals surface area contributed by atoms with Crippen molar-refractivity contribution in [3.8, 4) is 0 Å². The van der Waals surface area contributed by atoms with E-state index in [1.165, 1.54) is 17.9 Å². The number of hydrogen-bond donors (Lipinski definition) is 0. The van der Waals surface area contributed by atoms with Crippen LogP contribution in [0.1, 0.15) is 53.4 Å². The highest BCUT2D eigenvalue weighted by molar-refractivity contribution is 8.10. The first-order valence-corrected chi connectivity index (χ1v) is 11.0. The molecular formula is C15H29N3O2PS. The fourth-order valence-corrected chi connectivity index (χ4v) is 7.94. The molecule has 3 saturated heterocycles. The number of nitrogens with zero attached hydrogens (tertiary/aromatic N) is 3. The molecule has 0 bridgehead atoms. The van der Waals surface area contributed by atoms with E-state index in [1.54, 1.807) is 0 Å². The molecule has 0 atom stereocenters. The Balaban J connectivity index is 1.77. The molecule has 127 valence electrons. The Hall–Kier alpha value is 0.450. The van der Waals surface area contributed by atoms with Crippen LogP contribution in [0.25, 0.3) is 0 Å². The van der Waals surface area contributed by atoms with Crippen molar-refractivity contribution < 1.29 is 9.73 Å². The highest BCUT2D eigenvalue weighted by Crippen LogP contribution is 2.61. The molecule has 3 aliphatic rings. The van der Waals surface area contributed by atoms with Crippen molar-refractivity contribution in [1.82, 2.24) is 14.4 Å². The van der Waals surface area contributed by atoms with Gasteiger partial charge < -0.3 is 4.52 Å². The van der Waals surface area contributed by atoms with Gasteiger partial charge in [0.05, 0.1) is 6.10 Å². The first kappa shape index (κ1) is 17.3. The summed E-state index contributed by atoms with van der Waals surface area (Å²) in [6.45, 7) is 10.3. The van der Waals surface area contributed by atoms with Gasteiger partial charge in [-0.15, -0.1) is 10.3 Å². The summed E-state index contributed by atoms with van der Waals surface area (Å²) in [5.74, 6) is 0. The summed E-state index contributed by atoms with van der Waals surface area (Å²) in [6.07, 6.45) is 4.07. The smallest absolute Gasteiger partial charge is 0.203 e. The second-order valence-electron chi connectivity index (χ2n) is 8.16.